The summed E-state index contributed by atoms with van der Waals surface area (Å²) in [5.74, 6) is -0.144. The quantitative estimate of drug-likeness (QED) is 0.751. The Morgan fingerprint density at radius 3 is 2.42 bits per heavy atom. The first kappa shape index (κ1) is 16.2. The number of rotatable bonds is 3. The van der Waals surface area contributed by atoms with E-state index >= 15 is 0 Å². The standard InChI is InChI=1S/C19H19N3OS/c1-12-8-6-7-11-15(12)17-16(13(2)20-19(24)22-17)18(23)21-14-9-4-3-5-10-14/h3-11,17H,1-2H3,(H,21,23)(H2,20,22,24)/t17-/m0/s1. The van der Waals surface area contributed by atoms with Gasteiger partial charge in [-0.25, -0.2) is 0 Å². The molecule has 1 atom stereocenters. The van der Waals surface area contributed by atoms with Gasteiger partial charge in [-0.1, -0.05) is 42.5 Å². The van der Waals surface area contributed by atoms with Crippen molar-refractivity contribution in [2.75, 3.05) is 5.32 Å². The van der Waals surface area contributed by atoms with Crippen LogP contribution in [0.5, 0.6) is 0 Å². The first-order valence-corrected chi connectivity index (χ1v) is 8.17. The van der Waals surface area contributed by atoms with Crippen LogP contribution in [0.1, 0.15) is 24.1 Å². The fourth-order valence-electron chi connectivity index (χ4n) is 2.86. The monoisotopic (exact) mass is 337 g/mol. The SMILES string of the molecule is CC1=C(C(=O)Nc2ccccc2)[C@H](c2ccccc2C)NC(=S)N1. The lowest BCUT2D eigenvalue weighted by molar-refractivity contribution is -0.113. The molecule has 1 aliphatic rings. The highest BCUT2D eigenvalue weighted by Crippen LogP contribution is 2.29. The maximum Gasteiger partial charge on any atom is 0.255 e. The molecule has 0 saturated carbocycles. The largest absolute Gasteiger partial charge is 0.351 e. The molecule has 1 aliphatic heterocycles. The molecule has 1 amide bonds. The average Bonchev–Trinajstić information content (AvgIpc) is 2.55. The third-order valence-electron chi connectivity index (χ3n) is 4.04. The van der Waals surface area contributed by atoms with E-state index in [1.165, 1.54) is 0 Å². The molecule has 2 aromatic carbocycles. The minimum atomic E-state index is -0.274. The van der Waals surface area contributed by atoms with E-state index < -0.39 is 0 Å². The molecule has 122 valence electrons. The van der Waals surface area contributed by atoms with Gasteiger partial charge in [0.15, 0.2) is 5.11 Å². The van der Waals surface area contributed by atoms with Gasteiger partial charge in [-0.15, -0.1) is 0 Å². The summed E-state index contributed by atoms with van der Waals surface area (Å²) in [4.78, 5) is 12.9. The Morgan fingerprint density at radius 2 is 1.71 bits per heavy atom. The van der Waals surface area contributed by atoms with Crippen LogP contribution < -0.4 is 16.0 Å². The summed E-state index contributed by atoms with van der Waals surface area (Å²) in [6.45, 7) is 3.91. The zero-order chi connectivity index (χ0) is 17.1. The van der Waals surface area contributed by atoms with Gasteiger partial charge in [-0.2, -0.15) is 0 Å². The van der Waals surface area contributed by atoms with Crippen LogP contribution in [-0.4, -0.2) is 11.0 Å². The first-order valence-electron chi connectivity index (χ1n) is 7.76. The number of hydrogen-bond donors (Lipinski definition) is 3. The van der Waals surface area contributed by atoms with Gasteiger partial charge >= 0.3 is 0 Å². The highest BCUT2D eigenvalue weighted by Gasteiger charge is 2.30. The fraction of sp³-hybridized carbons (Fsp3) is 0.158. The van der Waals surface area contributed by atoms with E-state index in [2.05, 4.69) is 16.0 Å². The molecule has 0 unspecified atom stereocenters. The summed E-state index contributed by atoms with van der Waals surface area (Å²) in [6.07, 6.45) is 0. The number of amides is 1. The smallest absolute Gasteiger partial charge is 0.255 e. The molecule has 0 spiro atoms. The van der Waals surface area contributed by atoms with Crippen molar-refractivity contribution in [3.63, 3.8) is 0 Å². The van der Waals surface area contributed by atoms with Gasteiger partial charge in [0.1, 0.15) is 0 Å². The average molecular weight is 337 g/mol. The van der Waals surface area contributed by atoms with Crippen molar-refractivity contribution in [2.24, 2.45) is 0 Å². The molecule has 0 radical (unpaired) electrons. The van der Waals surface area contributed by atoms with Gasteiger partial charge in [0.05, 0.1) is 11.6 Å². The Kier molecular flexibility index (Phi) is 4.62. The zero-order valence-corrected chi connectivity index (χ0v) is 14.4. The van der Waals surface area contributed by atoms with Crippen molar-refractivity contribution in [2.45, 2.75) is 19.9 Å². The van der Waals surface area contributed by atoms with Gasteiger partial charge in [0, 0.05) is 11.4 Å². The van der Waals surface area contributed by atoms with Gasteiger partial charge in [0.2, 0.25) is 0 Å². The van der Waals surface area contributed by atoms with Crippen LogP contribution in [0.15, 0.2) is 65.9 Å². The molecule has 0 bridgehead atoms. The summed E-state index contributed by atoms with van der Waals surface area (Å²) >= 11 is 5.28. The minimum Gasteiger partial charge on any atom is -0.351 e. The minimum absolute atomic E-state index is 0.144. The van der Waals surface area contributed by atoms with Gasteiger partial charge in [-0.05, 0) is 49.3 Å². The zero-order valence-electron chi connectivity index (χ0n) is 13.6. The number of thiocarbonyl (C=S) groups is 1. The molecule has 0 aromatic heterocycles. The number of para-hydroxylation sites is 1. The van der Waals surface area contributed by atoms with E-state index in [9.17, 15) is 4.79 Å². The lowest BCUT2D eigenvalue weighted by atomic mass is 9.92. The fourth-order valence-corrected chi connectivity index (χ4v) is 3.13. The van der Waals surface area contributed by atoms with Gasteiger partial charge < -0.3 is 16.0 Å². The van der Waals surface area contributed by atoms with Crippen molar-refractivity contribution < 1.29 is 4.79 Å². The maximum absolute atomic E-state index is 12.9. The molecule has 1 heterocycles. The lowest BCUT2D eigenvalue weighted by Crippen LogP contribution is -2.46. The second-order valence-corrected chi connectivity index (χ2v) is 6.16. The summed E-state index contributed by atoms with van der Waals surface area (Å²) in [7, 11) is 0. The van der Waals surface area contributed by atoms with Crippen molar-refractivity contribution >= 4 is 28.9 Å². The van der Waals surface area contributed by atoms with Crippen LogP contribution in [0.4, 0.5) is 5.69 Å². The highest BCUT2D eigenvalue weighted by atomic mass is 32.1. The van der Waals surface area contributed by atoms with Crippen LogP contribution in [0.25, 0.3) is 0 Å². The lowest BCUT2D eigenvalue weighted by Gasteiger charge is -2.31. The number of allylic oxidation sites excluding steroid dienone is 1. The normalized spacial score (nSPS) is 17.1. The van der Waals surface area contributed by atoms with E-state index in [1.807, 2.05) is 68.4 Å². The number of carbonyl (C=O) groups is 1. The molecule has 3 rings (SSSR count). The number of aryl methyl sites for hydroxylation is 1. The molecule has 0 saturated heterocycles. The van der Waals surface area contributed by atoms with Crippen LogP contribution in [0, 0.1) is 6.92 Å². The number of anilines is 1. The second-order valence-electron chi connectivity index (χ2n) is 5.75. The third kappa shape index (κ3) is 3.31. The predicted octanol–water partition coefficient (Wildman–Crippen LogP) is 3.43. The summed E-state index contributed by atoms with van der Waals surface area (Å²) in [6, 6.07) is 17.2. The summed E-state index contributed by atoms with van der Waals surface area (Å²) in [5.41, 5.74) is 4.32. The maximum atomic E-state index is 12.9. The van der Waals surface area contributed by atoms with Crippen molar-refractivity contribution in [3.8, 4) is 0 Å². The van der Waals surface area contributed by atoms with E-state index in [-0.39, 0.29) is 11.9 Å². The number of benzene rings is 2. The van der Waals surface area contributed by atoms with Crippen LogP contribution in [0.3, 0.4) is 0 Å². The predicted molar refractivity (Wildman–Crippen MR) is 101 cm³/mol. The van der Waals surface area contributed by atoms with E-state index in [0.717, 1.165) is 22.5 Å². The number of nitrogens with one attached hydrogen (secondary N) is 3. The van der Waals surface area contributed by atoms with E-state index in [0.29, 0.717) is 10.7 Å². The van der Waals surface area contributed by atoms with Crippen molar-refractivity contribution in [1.82, 2.24) is 10.6 Å². The topological polar surface area (TPSA) is 53.2 Å². The third-order valence-corrected chi connectivity index (χ3v) is 4.26. The molecule has 2 aromatic rings. The summed E-state index contributed by atoms with van der Waals surface area (Å²) < 4.78 is 0. The second kappa shape index (κ2) is 6.84. The number of hydrogen-bond acceptors (Lipinski definition) is 2. The van der Waals surface area contributed by atoms with Crippen molar-refractivity contribution in [1.29, 1.82) is 0 Å². The van der Waals surface area contributed by atoms with Crippen molar-refractivity contribution in [3.05, 3.63) is 77.0 Å². The molecule has 0 aliphatic carbocycles. The molecule has 3 N–H and O–H groups in total. The Labute approximate surface area is 147 Å². The molecule has 4 nitrogen and oxygen atoms in total. The van der Waals surface area contributed by atoms with Crippen LogP contribution in [0.2, 0.25) is 0 Å². The van der Waals surface area contributed by atoms with Crippen LogP contribution in [-0.2, 0) is 4.79 Å². The van der Waals surface area contributed by atoms with Gasteiger partial charge in [-0.3, -0.25) is 4.79 Å². The van der Waals surface area contributed by atoms with E-state index in [1.54, 1.807) is 0 Å². The first-order chi connectivity index (χ1) is 11.6. The Hall–Kier alpha value is -2.66. The Balaban J connectivity index is 1.98. The summed E-state index contributed by atoms with van der Waals surface area (Å²) in [5, 5.41) is 9.76. The molecular weight excluding hydrogens is 318 g/mol. The molecule has 24 heavy (non-hydrogen) atoms. The molecule has 0 fully saturated rings. The Morgan fingerprint density at radius 1 is 1.04 bits per heavy atom. The molecule has 5 heteroatoms. The van der Waals surface area contributed by atoms with E-state index in [4.69, 9.17) is 12.2 Å². The number of carbonyl (C=O) groups excluding carboxylic acids is 1. The highest BCUT2D eigenvalue weighted by molar-refractivity contribution is 7.80. The Bertz CT molecular complexity index is 814. The van der Waals surface area contributed by atoms with Crippen LogP contribution >= 0.6 is 12.2 Å². The molecular formula is C19H19N3OS. The van der Waals surface area contributed by atoms with Gasteiger partial charge in [0.25, 0.3) is 5.91 Å².